The Morgan fingerprint density at radius 2 is 2.38 bits per heavy atom. The molecule has 0 amide bonds. The highest BCUT2D eigenvalue weighted by Crippen LogP contribution is 2.19. The molecular weight excluding hydrogens is 222 g/mol. The molecule has 1 aromatic rings. The minimum atomic E-state index is -0.267. The van der Waals surface area contributed by atoms with Crippen molar-refractivity contribution in [3.05, 3.63) is 22.4 Å². The van der Waals surface area contributed by atoms with Crippen LogP contribution in [0.5, 0.6) is 0 Å². The monoisotopic (exact) mass is 241 g/mol. The van der Waals surface area contributed by atoms with Gasteiger partial charge in [-0.3, -0.25) is 0 Å². The van der Waals surface area contributed by atoms with Gasteiger partial charge in [-0.1, -0.05) is 19.0 Å². The number of rotatable bonds is 6. The highest BCUT2D eigenvalue weighted by atomic mass is 32.1. The molecule has 16 heavy (non-hydrogen) atoms. The number of nitrogens with one attached hydrogen (secondary N) is 1. The molecule has 4 N–H and O–H groups in total. The summed E-state index contributed by atoms with van der Waals surface area (Å²) in [6.07, 6.45) is 0.840. The van der Waals surface area contributed by atoms with Gasteiger partial charge in [0.05, 0.1) is 0 Å². The first-order valence-corrected chi connectivity index (χ1v) is 6.20. The molecule has 0 aliphatic carbocycles. The number of nitrogens with zero attached hydrogens (tertiary/aromatic N) is 1. The van der Waals surface area contributed by atoms with E-state index in [1.807, 2.05) is 13.8 Å². The second kappa shape index (κ2) is 5.86. The number of hydrogen-bond acceptors (Lipinski definition) is 4. The summed E-state index contributed by atoms with van der Waals surface area (Å²) >= 11 is 1.70. The Bertz CT molecular complexity index is 333. The first-order valence-electron chi connectivity index (χ1n) is 5.26. The van der Waals surface area contributed by atoms with E-state index in [4.69, 9.17) is 10.9 Å². The van der Waals surface area contributed by atoms with Gasteiger partial charge in [0.2, 0.25) is 0 Å². The van der Waals surface area contributed by atoms with Gasteiger partial charge in [-0.2, -0.15) is 11.3 Å². The highest BCUT2D eigenvalue weighted by Gasteiger charge is 2.22. The summed E-state index contributed by atoms with van der Waals surface area (Å²) in [7, 11) is 0. The van der Waals surface area contributed by atoms with E-state index in [0.717, 1.165) is 19.5 Å². The third-order valence-corrected chi connectivity index (χ3v) is 3.37. The van der Waals surface area contributed by atoms with Crippen molar-refractivity contribution in [2.75, 3.05) is 6.54 Å². The molecule has 5 heteroatoms. The van der Waals surface area contributed by atoms with Crippen LogP contribution >= 0.6 is 11.3 Å². The van der Waals surface area contributed by atoms with Crippen molar-refractivity contribution in [3.63, 3.8) is 0 Å². The van der Waals surface area contributed by atoms with E-state index in [1.54, 1.807) is 11.3 Å². The molecule has 0 radical (unpaired) electrons. The number of hydrogen-bond donors (Lipinski definition) is 3. The summed E-state index contributed by atoms with van der Waals surface area (Å²) in [5.41, 5.74) is 6.63. The van der Waals surface area contributed by atoms with Gasteiger partial charge in [0.25, 0.3) is 0 Å². The molecule has 0 aliphatic heterocycles. The van der Waals surface area contributed by atoms with Crippen LogP contribution in [0.3, 0.4) is 0 Å². The normalized spacial score (nSPS) is 13.0. The zero-order valence-electron chi connectivity index (χ0n) is 9.73. The van der Waals surface area contributed by atoms with Crippen LogP contribution in [-0.4, -0.2) is 17.6 Å². The standard InChI is InChI=1S/C11H19N3OS/c1-11(2,10(12)14-15)4-5-13-7-9-3-6-16-8-9/h3,6,8,13,15H,4-5,7H2,1-2H3,(H2,12,14). The molecule has 1 aromatic heterocycles. The lowest BCUT2D eigenvalue weighted by Crippen LogP contribution is -2.34. The molecule has 90 valence electrons. The Morgan fingerprint density at radius 1 is 1.62 bits per heavy atom. The fourth-order valence-corrected chi connectivity index (χ4v) is 1.96. The van der Waals surface area contributed by atoms with Gasteiger partial charge in [0, 0.05) is 12.0 Å². The van der Waals surface area contributed by atoms with Crippen LogP contribution in [0.1, 0.15) is 25.8 Å². The average molecular weight is 241 g/mol. The van der Waals surface area contributed by atoms with E-state index in [2.05, 4.69) is 27.3 Å². The minimum absolute atomic E-state index is 0.267. The van der Waals surface area contributed by atoms with Gasteiger partial charge < -0.3 is 16.3 Å². The van der Waals surface area contributed by atoms with E-state index >= 15 is 0 Å². The predicted octanol–water partition coefficient (Wildman–Crippen LogP) is 2.00. The van der Waals surface area contributed by atoms with E-state index in [1.165, 1.54) is 5.56 Å². The zero-order valence-corrected chi connectivity index (χ0v) is 10.5. The lowest BCUT2D eigenvalue weighted by molar-refractivity contribution is 0.305. The topological polar surface area (TPSA) is 70.6 Å². The molecule has 0 saturated carbocycles. The van der Waals surface area contributed by atoms with Crippen LogP contribution in [0.25, 0.3) is 0 Å². The molecule has 4 nitrogen and oxygen atoms in total. The van der Waals surface area contributed by atoms with Gasteiger partial charge in [-0.05, 0) is 35.4 Å². The molecule has 0 spiro atoms. The largest absolute Gasteiger partial charge is 0.409 e. The second-order valence-corrected chi connectivity index (χ2v) is 5.21. The minimum Gasteiger partial charge on any atom is -0.409 e. The molecule has 0 fully saturated rings. The quantitative estimate of drug-likeness (QED) is 0.234. The fourth-order valence-electron chi connectivity index (χ4n) is 1.29. The molecule has 0 saturated heterocycles. The zero-order chi connectivity index (χ0) is 12.0. The number of nitrogens with two attached hydrogens (primary N) is 1. The highest BCUT2D eigenvalue weighted by molar-refractivity contribution is 7.07. The summed E-state index contributed by atoms with van der Waals surface area (Å²) in [4.78, 5) is 0. The Labute approximate surface area is 100 Å². The average Bonchev–Trinajstić information content (AvgIpc) is 2.76. The predicted molar refractivity (Wildman–Crippen MR) is 67.8 cm³/mol. The van der Waals surface area contributed by atoms with Gasteiger partial charge in [0.15, 0.2) is 0 Å². The van der Waals surface area contributed by atoms with E-state index in [0.29, 0.717) is 0 Å². The van der Waals surface area contributed by atoms with Gasteiger partial charge >= 0.3 is 0 Å². The van der Waals surface area contributed by atoms with Crippen molar-refractivity contribution >= 4 is 17.2 Å². The van der Waals surface area contributed by atoms with E-state index in [9.17, 15) is 0 Å². The van der Waals surface area contributed by atoms with Gasteiger partial charge in [-0.25, -0.2) is 0 Å². The van der Waals surface area contributed by atoms with Gasteiger partial charge in [-0.15, -0.1) is 0 Å². The summed E-state index contributed by atoms with van der Waals surface area (Å²) in [5.74, 6) is 0.282. The Hall–Kier alpha value is -1.07. The summed E-state index contributed by atoms with van der Waals surface area (Å²) in [6.45, 7) is 5.65. The molecule has 0 aliphatic rings. The van der Waals surface area contributed by atoms with Crippen LogP contribution in [-0.2, 0) is 6.54 Å². The van der Waals surface area contributed by atoms with Crippen molar-refractivity contribution in [1.29, 1.82) is 0 Å². The smallest absolute Gasteiger partial charge is 0.144 e. The lowest BCUT2D eigenvalue weighted by atomic mass is 9.88. The Balaban J connectivity index is 2.25. The molecule has 1 heterocycles. The van der Waals surface area contributed by atoms with Crippen molar-refractivity contribution < 1.29 is 5.21 Å². The van der Waals surface area contributed by atoms with Crippen LogP contribution in [0, 0.1) is 5.41 Å². The van der Waals surface area contributed by atoms with E-state index in [-0.39, 0.29) is 11.3 Å². The number of thiophene rings is 1. The molecule has 0 unspecified atom stereocenters. The third kappa shape index (κ3) is 3.83. The molecule has 1 rings (SSSR count). The summed E-state index contributed by atoms with van der Waals surface area (Å²) < 4.78 is 0. The second-order valence-electron chi connectivity index (χ2n) is 4.43. The maximum absolute atomic E-state index is 8.62. The summed E-state index contributed by atoms with van der Waals surface area (Å²) in [6, 6.07) is 2.10. The van der Waals surface area contributed by atoms with Crippen LogP contribution < -0.4 is 11.1 Å². The molecule has 0 bridgehead atoms. The first-order chi connectivity index (χ1) is 7.56. The van der Waals surface area contributed by atoms with Gasteiger partial charge in [0.1, 0.15) is 5.84 Å². The van der Waals surface area contributed by atoms with Crippen molar-refractivity contribution in [2.24, 2.45) is 16.3 Å². The maximum atomic E-state index is 8.62. The SMILES string of the molecule is CC(C)(CCNCc1ccsc1)C(N)=NO. The number of oxime groups is 1. The van der Waals surface area contributed by atoms with Crippen LogP contribution in [0.15, 0.2) is 22.0 Å². The fraction of sp³-hybridized carbons (Fsp3) is 0.545. The summed E-state index contributed by atoms with van der Waals surface area (Å²) in [5, 5.41) is 19.2. The molecule has 0 atom stereocenters. The van der Waals surface area contributed by atoms with Crippen LogP contribution in [0.4, 0.5) is 0 Å². The first kappa shape index (κ1) is 13.0. The van der Waals surface area contributed by atoms with Crippen molar-refractivity contribution in [1.82, 2.24) is 5.32 Å². The Kier molecular flexibility index (Phi) is 4.76. The van der Waals surface area contributed by atoms with Crippen molar-refractivity contribution in [2.45, 2.75) is 26.8 Å². The maximum Gasteiger partial charge on any atom is 0.144 e. The van der Waals surface area contributed by atoms with Crippen molar-refractivity contribution in [3.8, 4) is 0 Å². The Morgan fingerprint density at radius 3 is 2.94 bits per heavy atom. The lowest BCUT2D eigenvalue weighted by Gasteiger charge is -2.22. The third-order valence-electron chi connectivity index (χ3n) is 2.64. The molecule has 0 aromatic carbocycles. The molecular formula is C11H19N3OS. The number of amidine groups is 1. The van der Waals surface area contributed by atoms with Crippen LogP contribution in [0.2, 0.25) is 0 Å². The van der Waals surface area contributed by atoms with E-state index < -0.39 is 0 Å².